The average Bonchev–Trinajstić information content (AvgIpc) is 1.90. The molecular formula is C6H18BrClGeSi. The number of rotatable bonds is 2. The van der Waals surface area contributed by atoms with E-state index < -0.39 is 21.2 Å². The molecule has 0 aliphatic rings. The normalized spacial score (nSPS) is 11.4. The molecular weight excluding hydrogens is 288 g/mol. The maximum atomic E-state index is 5.19. The van der Waals surface area contributed by atoms with Gasteiger partial charge in [0.25, 0.3) is 0 Å². The van der Waals surface area contributed by atoms with Gasteiger partial charge in [0.1, 0.15) is 6.69 Å². The van der Waals surface area contributed by atoms with Crippen LogP contribution in [0, 0.1) is 0 Å². The van der Waals surface area contributed by atoms with Gasteiger partial charge in [-0.1, -0.05) is 32.5 Å². The third kappa shape index (κ3) is 12.2. The molecule has 0 spiro atoms. The molecule has 0 aromatic carbocycles. The first-order valence-electron chi connectivity index (χ1n) is 3.78. The summed E-state index contributed by atoms with van der Waals surface area (Å²) in [6.07, 6.45) is 0. The third-order valence-corrected chi connectivity index (χ3v) is 7.79. The Balaban J connectivity index is 0. The van der Waals surface area contributed by atoms with Gasteiger partial charge >= 0.3 is 30.3 Å². The molecule has 10 heavy (non-hydrogen) atoms. The summed E-state index contributed by atoms with van der Waals surface area (Å²) >= 11 is 3.32. The molecule has 0 rings (SSSR count). The van der Waals surface area contributed by atoms with Gasteiger partial charge in [0, 0.05) is 0 Å². The van der Waals surface area contributed by atoms with Crippen molar-refractivity contribution < 1.29 is 0 Å². The molecule has 0 bridgehead atoms. The van der Waals surface area contributed by atoms with Gasteiger partial charge in [-0.2, -0.15) is 0 Å². The fourth-order valence-corrected chi connectivity index (χ4v) is 0.750. The summed E-state index contributed by atoms with van der Waals surface area (Å²) in [6.45, 7) is 6.02. The second-order valence-electron chi connectivity index (χ2n) is 2.39. The van der Waals surface area contributed by atoms with Crippen LogP contribution < -0.4 is 0 Å². The number of hydrogen-bond donors (Lipinski definition) is 0. The summed E-state index contributed by atoms with van der Waals surface area (Å²) in [6, 6.07) is 2.70. The molecule has 4 heteroatoms. The van der Waals surface area contributed by atoms with E-state index in [0.717, 1.165) is 0 Å². The molecule has 0 N–H and O–H groups in total. The molecule has 0 saturated heterocycles. The molecule has 0 aromatic rings. The van der Waals surface area contributed by atoms with Crippen molar-refractivity contribution in [3.05, 3.63) is 0 Å². The molecule has 64 valence electrons. The fraction of sp³-hybridized carbons (Fsp3) is 1.00. The minimum atomic E-state index is -0.839. The molecule has 0 heterocycles. The molecule has 0 amide bonds. The van der Waals surface area contributed by atoms with E-state index in [2.05, 4.69) is 41.4 Å². The van der Waals surface area contributed by atoms with Crippen LogP contribution in [0.25, 0.3) is 0 Å². The number of halogens is 2. The fourth-order valence-electron chi connectivity index (χ4n) is 0.250. The van der Waals surface area contributed by atoms with Crippen molar-refractivity contribution in [1.29, 1.82) is 0 Å². The van der Waals surface area contributed by atoms with Gasteiger partial charge in [-0.25, -0.2) is 0 Å². The molecule has 0 fully saturated rings. The van der Waals surface area contributed by atoms with Crippen LogP contribution in [0.5, 0.6) is 0 Å². The summed E-state index contributed by atoms with van der Waals surface area (Å²) in [5.41, 5.74) is 0. The van der Waals surface area contributed by atoms with Gasteiger partial charge in [0.15, 0.2) is 0 Å². The van der Waals surface area contributed by atoms with Crippen LogP contribution in [0.15, 0.2) is 0 Å². The molecule has 0 aromatic heterocycles. The maximum absolute atomic E-state index is 5.19. The molecule has 0 saturated carbocycles. The molecule has 0 aliphatic heterocycles. The van der Waals surface area contributed by atoms with Gasteiger partial charge in [0.2, 0.25) is 0 Å². The Kier molecular flexibility index (Phi) is 12.1. The van der Waals surface area contributed by atoms with Crippen molar-refractivity contribution in [3.8, 4) is 0 Å². The standard InChI is InChI=1S/C5H13BrSi.CH5ClGe/c1-4-7(3,6)5-2;1-3-2/h4-5H2,1-3H3;3H2,1H3. The van der Waals surface area contributed by atoms with Crippen LogP contribution in [-0.4, -0.2) is 21.2 Å². The van der Waals surface area contributed by atoms with Crippen molar-refractivity contribution in [1.82, 2.24) is 0 Å². The predicted octanol–water partition coefficient (Wildman–Crippen LogP) is 3.35. The molecule has 0 atom stereocenters. The zero-order valence-corrected chi connectivity index (χ0v) is 13.7. The third-order valence-electron chi connectivity index (χ3n) is 1.47. The Hall–Kier alpha value is 1.53. The first-order valence-corrected chi connectivity index (χ1v) is 15.8. The Labute approximate surface area is 84.4 Å². The van der Waals surface area contributed by atoms with Gasteiger partial charge < -0.3 is 0 Å². The predicted molar refractivity (Wildman–Crippen MR) is 61.8 cm³/mol. The first-order chi connectivity index (χ1) is 4.54. The van der Waals surface area contributed by atoms with Crippen molar-refractivity contribution in [2.45, 2.75) is 38.2 Å². The van der Waals surface area contributed by atoms with E-state index >= 15 is 0 Å². The summed E-state index contributed by atoms with van der Waals surface area (Å²) in [5.74, 6) is 2.08. The van der Waals surface area contributed by atoms with Crippen LogP contribution in [0.1, 0.15) is 13.8 Å². The van der Waals surface area contributed by atoms with Crippen LogP contribution in [0.3, 0.4) is 0 Å². The van der Waals surface area contributed by atoms with E-state index in [0.29, 0.717) is 0 Å². The van der Waals surface area contributed by atoms with E-state index in [9.17, 15) is 0 Å². The van der Waals surface area contributed by atoms with Crippen molar-refractivity contribution in [3.63, 3.8) is 0 Å². The second kappa shape index (κ2) is 8.62. The SMILES string of the molecule is CC[Si](C)(Br)CC.[CH3][GeH2][Cl]. The topological polar surface area (TPSA) is 0 Å². The van der Waals surface area contributed by atoms with Crippen LogP contribution >= 0.6 is 25.3 Å². The zero-order chi connectivity index (χ0) is 8.62. The Morgan fingerprint density at radius 1 is 1.40 bits per heavy atom. The summed E-state index contributed by atoms with van der Waals surface area (Å²) in [4.78, 5) is 0. The second-order valence-corrected chi connectivity index (χ2v) is 16.3. The van der Waals surface area contributed by atoms with E-state index in [1.165, 1.54) is 12.1 Å². The van der Waals surface area contributed by atoms with Gasteiger partial charge in [-0.3, -0.25) is 0 Å². The quantitative estimate of drug-likeness (QED) is 0.542. The molecule has 0 nitrogen and oxygen atoms in total. The van der Waals surface area contributed by atoms with Crippen LogP contribution in [0.4, 0.5) is 0 Å². The van der Waals surface area contributed by atoms with Gasteiger partial charge in [-0.05, 0) is 0 Å². The number of hydrogen-bond acceptors (Lipinski definition) is 0. The van der Waals surface area contributed by atoms with Gasteiger partial charge in [0.05, 0.1) is 0 Å². The van der Waals surface area contributed by atoms with E-state index in [4.69, 9.17) is 10.0 Å². The van der Waals surface area contributed by atoms with E-state index in [1.54, 1.807) is 0 Å². The van der Waals surface area contributed by atoms with Gasteiger partial charge in [-0.15, -0.1) is 15.3 Å². The van der Waals surface area contributed by atoms with Crippen LogP contribution in [0.2, 0.25) is 24.4 Å². The Bertz CT molecular complexity index is 64.8. The Morgan fingerprint density at radius 2 is 1.60 bits per heavy atom. The zero-order valence-electron chi connectivity index (χ0n) is 7.38. The van der Waals surface area contributed by atoms with Crippen molar-refractivity contribution in [2.75, 3.05) is 0 Å². The minimum absolute atomic E-state index is 0.403. The van der Waals surface area contributed by atoms with Crippen LogP contribution in [-0.2, 0) is 0 Å². The Morgan fingerprint density at radius 3 is 1.60 bits per heavy atom. The molecule has 0 aliphatic carbocycles. The van der Waals surface area contributed by atoms with E-state index in [1.807, 2.05) is 0 Å². The molecule has 0 radical (unpaired) electrons. The first kappa shape index (κ1) is 14.1. The summed E-state index contributed by atoms with van der Waals surface area (Å²) in [7, 11) is 5.19. The summed E-state index contributed by atoms with van der Waals surface area (Å²) < 4.78 is 0. The molecule has 0 unspecified atom stereocenters. The summed E-state index contributed by atoms with van der Waals surface area (Å²) in [5, 5.41) is 0. The van der Waals surface area contributed by atoms with Crippen molar-refractivity contribution >= 4 is 46.5 Å². The monoisotopic (exact) mass is 306 g/mol. The van der Waals surface area contributed by atoms with Crippen molar-refractivity contribution in [2.24, 2.45) is 0 Å². The average molecular weight is 306 g/mol. The van der Waals surface area contributed by atoms with E-state index in [-0.39, 0.29) is 0 Å².